The number of nitrogens with one attached hydrogen (secondary N) is 1. The SMILES string of the molecule is CCNCc1ccc(CN=Nc2ncnc3c2cnn3-c2cccc(OC)c2)cc1. The molecule has 4 aromatic rings. The lowest BCUT2D eigenvalue weighted by molar-refractivity contribution is 0.414. The van der Waals surface area contributed by atoms with Crippen LogP contribution in [0.5, 0.6) is 5.75 Å². The van der Waals surface area contributed by atoms with E-state index in [0.717, 1.165) is 35.5 Å². The number of nitrogens with zero attached hydrogens (tertiary/aromatic N) is 6. The van der Waals surface area contributed by atoms with Crippen molar-refractivity contribution in [2.75, 3.05) is 13.7 Å². The Balaban J connectivity index is 1.53. The van der Waals surface area contributed by atoms with Crippen molar-refractivity contribution >= 4 is 16.9 Å². The standard InChI is InChI=1S/C22H23N7O/c1-3-23-12-16-7-9-17(10-8-16)13-26-28-21-20-14-27-29(22(20)25-15-24-21)18-5-4-6-19(11-18)30-2/h4-11,14-15,23H,3,12-13H2,1-2H3. The third kappa shape index (κ3) is 4.33. The normalized spacial score (nSPS) is 11.4. The minimum atomic E-state index is 0.483. The van der Waals surface area contributed by atoms with Gasteiger partial charge in [-0.1, -0.05) is 37.3 Å². The van der Waals surface area contributed by atoms with E-state index in [0.29, 0.717) is 18.0 Å². The third-order valence-electron chi connectivity index (χ3n) is 4.66. The molecule has 0 aliphatic rings. The predicted octanol–water partition coefficient (Wildman–Crippen LogP) is 4.22. The molecule has 0 aliphatic heterocycles. The lowest BCUT2D eigenvalue weighted by atomic mass is 10.1. The zero-order chi connectivity index (χ0) is 20.8. The molecule has 0 bridgehead atoms. The van der Waals surface area contributed by atoms with Gasteiger partial charge in [-0.05, 0) is 29.8 Å². The number of azo groups is 1. The molecule has 0 spiro atoms. The van der Waals surface area contributed by atoms with Gasteiger partial charge in [-0.2, -0.15) is 10.2 Å². The van der Waals surface area contributed by atoms with Crippen LogP contribution in [0.2, 0.25) is 0 Å². The maximum atomic E-state index is 5.30. The first-order valence-corrected chi connectivity index (χ1v) is 9.77. The monoisotopic (exact) mass is 401 g/mol. The second-order valence-corrected chi connectivity index (χ2v) is 6.69. The van der Waals surface area contributed by atoms with Crippen LogP contribution in [0.1, 0.15) is 18.1 Å². The Morgan fingerprint density at radius 2 is 1.90 bits per heavy atom. The summed E-state index contributed by atoms with van der Waals surface area (Å²) < 4.78 is 7.04. The number of hydrogen-bond acceptors (Lipinski definition) is 7. The van der Waals surface area contributed by atoms with Crippen LogP contribution in [-0.2, 0) is 13.1 Å². The molecule has 0 aliphatic carbocycles. The second-order valence-electron chi connectivity index (χ2n) is 6.69. The maximum Gasteiger partial charge on any atom is 0.188 e. The van der Waals surface area contributed by atoms with Gasteiger partial charge in [0.25, 0.3) is 0 Å². The predicted molar refractivity (Wildman–Crippen MR) is 115 cm³/mol. The Bertz CT molecular complexity index is 1150. The number of fused-ring (bicyclic) bond motifs is 1. The van der Waals surface area contributed by atoms with Crippen LogP contribution in [-0.4, -0.2) is 33.4 Å². The highest BCUT2D eigenvalue weighted by atomic mass is 16.5. The van der Waals surface area contributed by atoms with Crippen LogP contribution in [0.3, 0.4) is 0 Å². The Morgan fingerprint density at radius 1 is 1.07 bits per heavy atom. The summed E-state index contributed by atoms with van der Waals surface area (Å²) in [6.45, 7) is 4.41. The maximum absolute atomic E-state index is 5.30. The fraction of sp³-hybridized carbons (Fsp3) is 0.227. The molecule has 4 rings (SSSR count). The van der Waals surface area contributed by atoms with Crippen LogP contribution in [0, 0.1) is 0 Å². The summed E-state index contributed by atoms with van der Waals surface area (Å²) in [6.07, 6.45) is 3.18. The molecule has 0 unspecified atom stereocenters. The van der Waals surface area contributed by atoms with E-state index in [1.165, 1.54) is 11.9 Å². The lowest BCUT2D eigenvalue weighted by Gasteiger charge is -2.05. The van der Waals surface area contributed by atoms with Gasteiger partial charge in [0.05, 0.1) is 30.9 Å². The van der Waals surface area contributed by atoms with E-state index >= 15 is 0 Å². The van der Waals surface area contributed by atoms with Gasteiger partial charge >= 0.3 is 0 Å². The first-order valence-electron chi connectivity index (χ1n) is 9.77. The minimum Gasteiger partial charge on any atom is -0.497 e. The third-order valence-corrected chi connectivity index (χ3v) is 4.66. The van der Waals surface area contributed by atoms with Gasteiger partial charge in [-0.15, -0.1) is 5.11 Å². The molecule has 2 heterocycles. The smallest absolute Gasteiger partial charge is 0.188 e. The molecule has 2 aromatic heterocycles. The molecule has 0 saturated heterocycles. The van der Waals surface area contributed by atoms with Crippen molar-refractivity contribution in [3.05, 3.63) is 72.2 Å². The van der Waals surface area contributed by atoms with Gasteiger partial charge < -0.3 is 10.1 Å². The Kier molecular flexibility index (Phi) is 6.05. The van der Waals surface area contributed by atoms with Crippen molar-refractivity contribution in [1.82, 2.24) is 25.1 Å². The van der Waals surface area contributed by atoms with Crippen molar-refractivity contribution in [3.63, 3.8) is 0 Å². The molecular weight excluding hydrogens is 378 g/mol. The molecule has 0 radical (unpaired) electrons. The quantitative estimate of drug-likeness (QED) is 0.447. The fourth-order valence-corrected chi connectivity index (χ4v) is 3.06. The van der Waals surface area contributed by atoms with Gasteiger partial charge in [-0.3, -0.25) is 0 Å². The fourth-order valence-electron chi connectivity index (χ4n) is 3.06. The number of benzene rings is 2. The summed E-state index contributed by atoms with van der Waals surface area (Å²) in [6, 6.07) is 16.0. The van der Waals surface area contributed by atoms with E-state index in [2.05, 4.69) is 61.8 Å². The molecular formula is C22H23N7O. The van der Waals surface area contributed by atoms with Crippen LogP contribution in [0.15, 0.2) is 71.3 Å². The molecule has 0 atom stereocenters. The summed E-state index contributed by atoms with van der Waals surface area (Å²) in [5.41, 5.74) is 3.86. The van der Waals surface area contributed by atoms with E-state index in [9.17, 15) is 0 Å². The number of rotatable bonds is 8. The molecule has 0 saturated carbocycles. The number of hydrogen-bond donors (Lipinski definition) is 1. The van der Waals surface area contributed by atoms with Crippen molar-refractivity contribution in [2.24, 2.45) is 10.2 Å². The zero-order valence-electron chi connectivity index (χ0n) is 17.0. The molecule has 1 N–H and O–H groups in total. The summed E-state index contributed by atoms with van der Waals surface area (Å²) in [5, 5.41) is 17.2. The molecule has 8 nitrogen and oxygen atoms in total. The average molecular weight is 401 g/mol. The van der Waals surface area contributed by atoms with E-state index in [4.69, 9.17) is 4.74 Å². The van der Waals surface area contributed by atoms with Gasteiger partial charge in [-0.25, -0.2) is 14.6 Å². The molecule has 0 fully saturated rings. The van der Waals surface area contributed by atoms with E-state index in [-0.39, 0.29) is 0 Å². The Labute approximate surface area is 174 Å². The first-order chi connectivity index (χ1) is 14.8. The second kappa shape index (κ2) is 9.23. The largest absolute Gasteiger partial charge is 0.497 e. The van der Waals surface area contributed by atoms with Gasteiger partial charge in [0.2, 0.25) is 0 Å². The van der Waals surface area contributed by atoms with Crippen molar-refractivity contribution in [1.29, 1.82) is 0 Å². The minimum absolute atomic E-state index is 0.483. The molecule has 30 heavy (non-hydrogen) atoms. The van der Waals surface area contributed by atoms with Gasteiger partial charge in [0.15, 0.2) is 11.5 Å². The van der Waals surface area contributed by atoms with Crippen LogP contribution < -0.4 is 10.1 Å². The highest BCUT2D eigenvalue weighted by Crippen LogP contribution is 2.25. The number of ether oxygens (including phenoxy) is 1. The highest BCUT2D eigenvalue weighted by Gasteiger charge is 2.11. The van der Waals surface area contributed by atoms with Gasteiger partial charge in [0, 0.05) is 12.6 Å². The first kappa shape index (κ1) is 19.7. The van der Waals surface area contributed by atoms with E-state index in [1.54, 1.807) is 18.0 Å². The lowest BCUT2D eigenvalue weighted by Crippen LogP contribution is -2.11. The van der Waals surface area contributed by atoms with Crippen LogP contribution in [0.4, 0.5) is 5.82 Å². The number of aromatic nitrogens is 4. The van der Waals surface area contributed by atoms with E-state index in [1.807, 2.05) is 24.3 Å². The summed E-state index contributed by atoms with van der Waals surface area (Å²) >= 11 is 0. The van der Waals surface area contributed by atoms with Crippen LogP contribution in [0.25, 0.3) is 16.7 Å². The highest BCUT2D eigenvalue weighted by molar-refractivity contribution is 5.85. The number of methoxy groups -OCH3 is 1. The zero-order valence-corrected chi connectivity index (χ0v) is 17.0. The molecule has 8 heteroatoms. The Hall–Kier alpha value is -3.65. The summed E-state index contributed by atoms with van der Waals surface area (Å²) in [5.74, 6) is 1.25. The summed E-state index contributed by atoms with van der Waals surface area (Å²) in [4.78, 5) is 8.64. The Morgan fingerprint density at radius 3 is 2.70 bits per heavy atom. The van der Waals surface area contributed by atoms with Crippen molar-refractivity contribution < 1.29 is 4.74 Å². The van der Waals surface area contributed by atoms with E-state index < -0.39 is 0 Å². The molecule has 0 amide bonds. The van der Waals surface area contributed by atoms with Crippen molar-refractivity contribution in [2.45, 2.75) is 20.0 Å². The summed E-state index contributed by atoms with van der Waals surface area (Å²) in [7, 11) is 1.64. The van der Waals surface area contributed by atoms with Crippen LogP contribution >= 0.6 is 0 Å². The average Bonchev–Trinajstić information content (AvgIpc) is 3.24. The molecule has 152 valence electrons. The molecule has 2 aromatic carbocycles. The van der Waals surface area contributed by atoms with Crippen molar-refractivity contribution in [3.8, 4) is 11.4 Å². The van der Waals surface area contributed by atoms with Gasteiger partial charge in [0.1, 0.15) is 12.1 Å². The topological polar surface area (TPSA) is 89.6 Å².